The van der Waals surface area contributed by atoms with Crippen LogP contribution < -0.4 is 11.1 Å². The number of hydrogen-bond acceptors (Lipinski definition) is 3. The molecule has 1 aromatic carbocycles. The van der Waals surface area contributed by atoms with Crippen molar-refractivity contribution in [3.8, 4) is 0 Å². The summed E-state index contributed by atoms with van der Waals surface area (Å²) in [5.74, 6) is -0.279. The van der Waals surface area contributed by atoms with Crippen molar-refractivity contribution in [1.82, 2.24) is 10.2 Å². The first kappa shape index (κ1) is 15.0. The third kappa shape index (κ3) is 3.14. The van der Waals surface area contributed by atoms with E-state index in [1.165, 1.54) is 11.1 Å². The highest BCUT2D eigenvalue weighted by Crippen LogP contribution is 2.40. The van der Waals surface area contributed by atoms with Crippen LogP contribution in [0.4, 0.5) is 0 Å². The van der Waals surface area contributed by atoms with E-state index in [0.29, 0.717) is 6.04 Å². The van der Waals surface area contributed by atoms with Gasteiger partial charge in [-0.3, -0.25) is 9.59 Å². The minimum Gasteiger partial charge on any atom is -0.346 e. The highest BCUT2D eigenvalue weighted by atomic mass is 16.2. The van der Waals surface area contributed by atoms with Crippen LogP contribution in [0.2, 0.25) is 0 Å². The Hall–Kier alpha value is -1.88. The molecule has 3 rings (SSSR count). The molecule has 118 valence electrons. The third-order valence-electron chi connectivity index (χ3n) is 4.52. The number of rotatable bonds is 5. The lowest BCUT2D eigenvalue weighted by atomic mass is 9.86. The summed E-state index contributed by atoms with van der Waals surface area (Å²) in [5.41, 5.74) is 7.90. The number of fused-ring (bicyclic) bond motifs is 1. The maximum Gasteiger partial charge on any atom is 0.242 e. The van der Waals surface area contributed by atoms with Gasteiger partial charge >= 0.3 is 0 Å². The number of carbonyl (C=O) groups is 2. The van der Waals surface area contributed by atoms with Gasteiger partial charge in [0.1, 0.15) is 0 Å². The van der Waals surface area contributed by atoms with Crippen molar-refractivity contribution in [3.63, 3.8) is 0 Å². The Labute approximate surface area is 130 Å². The molecule has 0 aromatic heterocycles. The molecule has 5 nitrogen and oxygen atoms in total. The number of nitrogens with zero attached hydrogens (tertiary/aromatic N) is 1. The summed E-state index contributed by atoms with van der Waals surface area (Å²) in [5, 5.41) is 2.60. The van der Waals surface area contributed by atoms with Crippen LogP contribution in [0, 0.1) is 0 Å². The number of carbonyl (C=O) groups excluding carboxylic acids is 2. The molecule has 3 N–H and O–H groups in total. The number of amides is 2. The summed E-state index contributed by atoms with van der Waals surface area (Å²) < 4.78 is 0. The fraction of sp³-hybridized carbons (Fsp3) is 0.529. The topological polar surface area (TPSA) is 75.4 Å². The molecule has 1 fully saturated rings. The van der Waals surface area contributed by atoms with E-state index in [1.54, 1.807) is 0 Å². The highest BCUT2D eigenvalue weighted by Gasteiger charge is 2.39. The van der Waals surface area contributed by atoms with Gasteiger partial charge in [-0.1, -0.05) is 24.3 Å². The molecule has 1 atom stereocenters. The van der Waals surface area contributed by atoms with E-state index >= 15 is 0 Å². The van der Waals surface area contributed by atoms with Gasteiger partial charge < -0.3 is 16.0 Å². The van der Waals surface area contributed by atoms with Crippen LogP contribution in [0.3, 0.4) is 0 Å². The number of nitrogens with two attached hydrogens (primary N) is 1. The SMILES string of the molecule is NCC(=O)NCC(=O)N(C1CC1)C1CCCc2ccccc21. The summed E-state index contributed by atoms with van der Waals surface area (Å²) in [6, 6.07) is 8.89. The van der Waals surface area contributed by atoms with Crippen molar-refractivity contribution in [1.29, 1.82) is 0 Å². The average molecular weight is 301 g/mol. The molecule has 0 radical (unpaired) electrons. The second-order valence-electron chi connectivity index (χ2n) is 6.12. The van der Waals surface area contributed by atoms with Crippen molar-refractivity contribution in [2.24, 2.45) is 5.73 Å². The molecule has 1 aromatic rings. The molecular weight excluding hydrogens is 278 g/mol. The lowest BCUT2D eigenvalue weighted by Gasteiger charge is -2.36. The zero-order valence-corrected chi connectivity index (χ0v) is 12.8. The second kappa shape index (κ2) is 6.48. The van der Waals surface area contributed by atoms with E-state index in [1.807, 2.05) is 11.0 Å². The van der Waals surface area contributed by atoms with Gasteiger partial charge in [-0.25, -0.2) is 0 Å². The minimum atomic E-state index is -0.284. The fourth-order valence-corrected chi connectivity index (χ4v) is 3.34. The van der Waals surface area contributed by atoms with E-state index in [2.05, 4.69) is 23.5 Å². The quantitative estimate of drug-likeness (QED) is 0.856. The van der Waals surface area contributed by atoms with E-state index in [9.17, 15) is 9.59 Å². The molecule has 5 heteroatoms. The molecule has 1 unspecified atom stereocenters. The van der Waals surface area contributed by atoms with Gasteiger partial charge in [0.05, 0.1) is 19.1 Å². The maximum absolute atomic E-state index is 12.6. The Balaban J connectivity index is 1.77. The predicted molar refractivity (Wildman–Crippen MR) is 84.1 cm³/mol. The van der Waals surface area contributed by atoms with Gasteiger partial charge in [-0.15, -0.1) is 0 Å². The lowest BCUT2D eigenvalue weighted by Crippen LogP contribution is -2.45. The Bertz CT molecular complexity index is 569. The Morgan fingerprint density at radius 1 is 1.23 bits per heavy atom. The van der Waals surface area contributed by atoms with Crippen molar-refractivity contribution < 1.29 is 9.59 Å². The summed E-state index contributed by atoms with van der Waals surface area (Å²) >= 11 is 0. The van der Waals surface area contributed by atoms with Crippen LogP contribution in [0.15, 0.2) is 24.3 Å². The normalized spacial score (nSPS) is 20.1. The first-order valence-corrected chi connectivity index (χ1v) is 8.06. The smallest absolute Gasteiger partial charge is 0.242 e. The van der Waals surface area contributed by atoms with E-state index in [4.69, 9.17) is 5.73 Å². The van der Waals surface area contributed by atoms with Crippen LogP contribution in [0.5, 0.6) is 0 Å². The van der Waals surface area contributed by atoms with Crippen molar-refractivity contribution in [2.45, 2.75) is 44.2 Å². The zero-order valence-electron chi connectivity index (χ0n) is 12.8. The molecule has 2 aliphatic rings. The van der Waals surface area contributed by atoms with Crippen LogP contribution in [-0.4, -0.2) is 35.8 Å². The average Bonchev–Trinajstić information content (AvgIpc) is 3.38. The summed E-state index contributed by atoms with van der Waals surface area (Å²) in [4.78, 5) is 25.9. The Kier molecular flexibility index (Phi) is 4.43. The second-order valence-corrected chi connectivity index (χ2v) is 6.12. The van der Waals surface area contributed by atoms with Crippen molar-refractivity contribution in [2.75, 3.05) is 13.1 Å². The summed E-state index contributed by atoms with van der Waals surface area (Å²) in [6.07, 6.45) is 5.32. The van der Waals surface area contributed by atoms with Gasteiger partial charge in [-0.2, -0.15) is 0 Å². The largest absolute Gasteiger partial charge is 0.346 e. The van der Waals surface area contributed by atoms with Gasteiger partial charge in [0, 0.05) is 6.04 Å². The molecule has 0 spiro atoms. The monoisotopic (exact) mass is 301 g/mol. The van der Waals surface area contributed by atoms with Gasteiger partial charge in [0.15, 0.2) is 0 Å². The first-order valence-electron chi connectivity index (χ1n) is 8.06. The van der Waals surface area contributed by atoms with Gasteiger partial charge in [0.25, 0.3) is 0 Å². The predicted octanol–water partition coefficient (Wildman–Crippen LogP) is 1.13. The van der Waals surface area contributed by atoms with Crippen molar-refractivity contribution in [3.05, 3.63) is 35.4 Å². The van der Waals surface area contributed by atoms with E-state index in [-0.39, 0.29) is 30.9 Å². The van der Waals surface area contributed by atoms with Crippen LogP contribution in [0.1, 0.15) is 42.9 Å². The summed E-state index contributed by atoms with van der Waals surface area (Å²) in [7, 11) is 0. The Morgan fingerprint density at radius 3 is 2.73 bits per heavy atom. The molecule has 0 aliphatic heterocycles. The Morgan fingerprint density at radius 2 is 2.00 bits per heavy atom. The molecule has 1 saturated carbocycles. The molecular formula is C17H23N3O2. The van der Waals surface area contributed by atoms with Gasteiger partial charge in [-0.05, 0) is 43.2 Å². The number of benzene rings is 1. The highest BCUT2D eigenvalue weighted by molar-refractivity contribution is 5.86. The van der Waals surface area contributed by atoms with Crippen LogP contribution in [-0.2, 0) is 16.0 Å². The van der Waals surface area contributed by atoms with E-state index < -0.39 is 0 Å². The molecule has 0 saturated heterocycles. The minimum absolute atomic E-state index is 0.00556. The standard InChI is InChI=1S/C17H23N3O2/c18-10-16(21)19-11-17(22)20(13-8-9-13)15-7-3-5-12-4-1-2-6-14(12)15/h1-2,4,6,13,15H,3,5,7-11,18H2,(H,19,21). The van der Waals surface area contributed by atoms with Crippen LogP contribution >= 0.6 is 0 Å². The first-order chi connectivity index (χ1) is 10.7. The lowest BCUT2D eigenvalue weighted by molar-refractivity contribution is -0.135. The molecule has 0 heterocycles. The maximum atomic E-state index is 12.6. The molecule has 22 heavy (non-hydrogen) atoms. The number of nitrogens with one attached hydrogen (secondary N) is 1. The summed E-state index contributed by atoms with van der Waals surface area (Å²) in [6.45, 7) is -0.0336. The zero-order chi connectivity index (χ0) is 15.5. The fourth-order valence-electron chi connectivity index (χ4n) is 3.34. The van der Waals surface area contributed by atoms with E-state index in [0.717, 1.165) is 32.1 Å². The van der Waals surface area contributed by atoms with Crippen LogP contribution in [0.25, 0.3) is 0 Å². The number of hydrogen-bond donors (Lipinski definition) is 2. The molecule has 2 amide bonds. The number of aryl methyl sites for hydroxylation is 1. The molecule has 0 bridgehead atoms. The third-order valence-corrected chi connectivity index (χ3v) is 4.52. The van der Waals surface area contributed by atoms with Crippen molar-refractivity contribution >= 4 is 11.8 Å². The van der Waals surface area contributed by atoms with Gasteiger partial charge in [0.2, 0.25) is 11.8 Å². The molecule has 2 aliphatic carbocycles.